The smallest absolute Gasteiger partial charge is 0.111 e. The van der Waals surface area contributed by atoms with Crippen molar-refractivity contribution in [3.8, 4) is 11.4 Å². The molecule has 0 spiro atoms. The zero-order chi connectivity index (χ0) is 9.10. The highest BCUT2D eigenvalue weighted by molar-refractivity contribution is 5.57. The Balaban J connectivity index is 2.41. The molecule has 2 heterocycles. The second kappa shape index (κ2) is 3.23. The van der Waals surface area contributed by atoms with Crippen molar-refractivity contribution in [3.05, 3.63) is 42.7 Å². The summed E-state index contributed by atoms with van der Waals surface area (Å²) in [6.07, 6.45) is 3.47. The van der Waals surface area contributed by atoms with Gasteiger partial charge in [-0.2, -0.15) is 5.10 Å². The molecule has 3 nitrogen and oxygen atoms in total. The van der Waals surface area contributed by atoms with E-state index in [9.17, 15) is 0 Å². The van der Waals surface area contributed by atoms with Gasteiger partial charge in [-0.1, -0.05) is 12.6 Å². The van der Waals surface area contributed by atoms with Crippen LogP contribution in [-0.4, -0.2) is 15.2 Å². The molecule has 13 heavy (non-hydrogen) atoms. The topological polar surface area (TPSA) is 41.6 Å². The van der Waals surface area contributed by atoms with E-state index >= 15 is 0 Å². The van der Waals surface area contributed by atoms with Crippen molar-refractivity contribution in [1.29, 1.82) is 0 Å². The van der Waals surface area contributed by atoms with Crippen LogP contribution < -0.4 is 0 Å². The van der Waals surface area contributed by atoms with Crippen LogP contribution in [0.2, 0.25) is 0 Å². The second-order valence-electron chi connectivity index (χ2n) is 2.63. The summed E-state index contributed by atoms with van der Waals surface area (Å²) in [7, 11) is 0. The van der Waals surface area contributed by atoms with Crippen LogP contribution in [0.25, 0.3) is 17.5 Å². The molecular weight excluding hydrogens is 162 g/mol. The van der Waals surface area contributed by atoms with E-state index in [0.717, 1.165) is 17.1 Å². The quantitative estimate of drug-likeness (QED) is 0.751. The third-order valence-electron chi connectivity index (χ3n) is 1.74. The summed E-state index contributed by atoms with van der Waals surface area (Å²) in [5.41, 5.74) is 2.61. The van der Waals surface area contributed by atoms with Crippen molar-refractivity contribution in [2.45, 2.75) is 0 Å². The summed E-state index contributed by atoms with van der Waals surface area (Å²) in [6, 6.07) is 7.65. The average Bonchev–Trinajstić information content (AvgIpc) is 2.67. The van der Waals surface area contributed by atoms with Gasteiger partial charge in [0.05, 0.1) is 11.4 Å². The van der Waals surface area contributed by atoms with Crippen molar-refractivity contribution in [2.75, 3.05) is 0 Å². The van der Waals surface area contributed by atoms with Crippen molar-refractivity contribution in [2.24, 2.45) is 0 Å². The fourth-order valence-corrected chi connectivity index (χ4v) is 1.09. The molecule has 0 fully saturated rings. The molecule has 0 unspecified atom stereocenters. The van der Waals surface area contributed by atoms with Crippen LogP contribution in [0.15, 0.2) is 37.0 Å². The maximum Gasteiger partial charge on any atom is 0.111 e. The van der Waals surface area contributed by atoms with Gasteiger partial charge in [-0.25, -0.2) is 0 Å². The third kappa shape index (κ3) is 1.49. The van der Waals surface area contributed by atoms with E-state index in [0.29, 0.717) is 0 Å². The molecule has 3 heteroatoms. The molecule has 0 aliphatic carbocycles. The van der Waals surface area contributed by atoms with Crippen LogP contribution in [0.1, 0.15) is 5.69 Å². The van der Waals surface area contributed by atoms with Gasteiger partial charge in [-0.3, -0.25) is 10.1 Å². The van der Waals surface area contributed by atoms with Gasteiger partial charge in [-0.15, -0.1) is 0 Å². The van der Waals surface area contributed by atoms with Crippen LogP contribution in [0.4, 0.5) is 0 Å². The highest BCUT2D eigenvalue weighted by Crippen LogP contribution is 2.14. The highest BCUT2D eigenvalue weighted by atomic mass is 15.1. The van der Waals surface area contributed by atoms with E-state index < -0.39 is 0 Å². The molecule has 0 amide bonds. The first-order chi connectivity index (χ1) is 6.40. The van der Waals surface area contributed by atoms with E-state index in [1.807, 2.05) is 24.3 Å². The lowest BCUT2D eigenvalue weighted by molar-refractivity contribution is 1.08. The minimum atomic E-state index is 0.843. The fourth-order valence-electron chi connectivity index (χ4n) is 1.09. The predicted molar refractivity (Wildman–Crippen MR) is 51.9 cm³/mol. The van der Waals surface area contributed by atoms with Gasteiger partial charge in [0.1, 0.15) is 5.69 Å². The van der Waals surface area contributed by atoms with Crippen LogP contribution in [0.3, 0.4) is 0 Å². The number of hydrogen-bond donors (Lipinski definition) is 1. The second-order valence-corrected chi connectivity index (χ2v) is 2.63. The molecule has 0 bridgehead atoms. The number of aromatic amines is 1. The highest BCUT2D eigenvalue weighted by Gasteiger charge is 2.01. The summed E-state index contributed by atoms with van der Waals surface area (Å²) in [6.45, 7) is 3.65. The van der Waals surface area contributed by atoms with E-state index in [1.54, 1.807) is 12.3 Å². The van der Waals surface area contributed by atoms with Gasteiger partial charge in [0.15, 0.2) is 0 Å². The van der Waals surface area contributed by atoms with Gasteiger partial charge in [0, 0.05) is 6.20 Å². The maximum atomic E-state index is 4.18. The molecular formula is C10H9N3. The Bertz CT molecular complexity index is 403. The first-order valence-corrected chi connectivity index (χ1v) is 3.99. The Morgan fingerprint density at radius 3 is 2.85 bits per heavy atom. The van der Waals surface area contributed by atoms with Crippen molar-refractivity contribution < 1.29 is 0 Å². The number of nitrogens with zero attached hydrogens (tertiary/aromatic N) is 2. The Kier molecular flexibility index (Phi) is 1.92. The molecule has 64 valence electrons. The molecule has 0 saturated heterocycles. The average molecular weight is 171 g/mol. The molecule has 2 rings (SSSR count). The monoisotopic (exact) mass is 171 g/mol. The fraction of sp³-hybridized carbons (Fsp3) is 0. The standard InChI is InChI=1S/C10H9N3/c1-2-8-7-10(13-12-8)9-5-3-4-6-11-9/h2-7H,1H2,(H,12,13). The van der Waals surface area contributed by atoms with Crippen molar-refractivity contribution >= 4 is 6.08 Å². The SMILES string of the molecule is C=Cc1cc(-c2ccccn2)n[nH]1. The number of hydrogen-bond acceptors (Lipinski definition) is 2. The van der Waals surface area contributed by atoms with Crippen molar-refractivity contribution in [3.63, 3.8) is 0 Å². The Hall–Kier alpha value is -1.90. The number of aromatic nitrogens is 3. The Morgan fingerprint density at radius 2 is 2.23 bits per heavy atom. The Morgan fingerprint density at radius 1 is 1.31 bits per heavy atom. The van der Waals surface area contributed by atoms with Gasteiger partial charge in [0.25, 0.3) is 0 Å². The van der Waals surface area contributed by atoms with Gasteiger partial charge in [0.2, 0.25) is 0 Å². The van der Waals surface area contributed by atoms with Gasteiger partial charge >= 0.3 is 0 Å². The number of H-pyrrole nitrogens is 1. The molecule has 0 saturated carbocycles. The first-order valence-electron chi connectivity index (χ1n) is 3.99. The number of nitrogens with one attached hydrogen (secondary N) is 1. The van der Waals surface area contributed by atoms with Crippen LogP contribution in [-0.2, 0) is 0 Å². The summed E-state index contributed by atoms with van der Waals surface area (Å²) >= 11 is 0. The third-order valence-corrected chi connectivity index (χ3v) is 1.74. The normalized spacial score (nSPS) is 9.85. The largest absolute Gasteiger partial charge is 0.278 e. The van der Waals surface area contributed by atoms with Gasteiger partial charge in [-0.05, 0) is 24.3 Å². The molecule has 2 aromatic rings. The van der Waals surface area contributed by atoms with E-state index in [2.05, 4.69) is 21.8 Å². The summed E-state index contributed by atoms with van der Waals surface area (Å²) < 4.78 is 0. The molecule has 2 aromatic heterocycles. The molecule has 1 N–H and O–H groups in total. The minimum absolute atomic E-state index is 0.843. The Labute approximate surface area is 76.1 Å². The zero-order valence-corrected chi connectivity index (χ0v) is 7.07. The molecule has 0 aromatic carbocycles. The maximum absolute atomic E-state index is 4.18. The first kappa shape index (κ1) is 7.73. The lowest BCUT2D eigenvalue weighted by Gasteiger charge is -1.91. The van der Waals surface area contributed by atoms with Crippen molar-refractivity contribution in [1.82, 2.24) is 15.2 Å². The van der Waals surface area contributed by atoms with Crippen LogP contribution in [0.5, 0.6) is 0 Å². The van der Waals surface area contributed by atoms with E-state index in [1.165, 1.54) is 0 Å². The minimum Gasteiger partial charge on any atom is -0.278 e. The summed E-state index contributed by atoms with van der Waals surface area (Å²) in [4.78, 5) is 4.18. The number of pyridine rings is 1. The molecule has 0 aliphatic heterocycles. The van der Waals surface area contributed by atoms with Crippen LogP contribution in [0, 0.1) is 0 Å². The molecule has 0 radical (unpaired) electrons. The molecule has 0 atom stereocenters. The zero-order valence-electron chi connectivity index (χ0n) is 7.07. The van der Waals surface area contributed by atoms with E-state index in [4.69, 9.17) is 0 Å². The molecule has 0 aliphatic rings. The van der Waals surface area contributed by atoms with Crippen LogP contribution >= 0.6 is 0 Å². The van der Waals surface area contributed by atoms with Gasteiger partial charge < -0.3 is 0 Å². The predicted octanol–water partition coefficient (Wildman–Crippen LogP) is 2.11. The lowest BCUT2D eigenvalue weighted by Crippen LogP contribution is -1.80. The lowest BCUT2D eigenvalue weighted by atomic mass is 10.2. The number of rotatable bonds is 2. The van der Waals surface area contributed by atoms with E-state index in [-0.39, 0.29) is 0 Å². The summed E-state index contributed by atoms with van der Waals surface area (Å²) in [5, 5.41) is 6.94. The summed E-state index contributed by atoms with van der Waals surface area (Å²) in [5.74, 6) is 0.